The number of carbonyl (C=O) groups is 4. The molecule has 2 aromatic carbocycles. The lowest BCUT2D eigenvalue weighted by Crippen LogP contribution is -2.30. The fraction of sp³-hybridized carbons (Fsp3) is 0.583. The Morgan fingerprint density at radius 1 is 0.661 bits per heavy atom. The molecule has 2 aromatic rings. The van der Waals surface area contributed by atoms with Gasteiger partial charge in [0.15, 0.2) is 0 Å². The second-order valence-corrected chi connectivity index (χ2v) is 15.3. The number of esters is 4. The Morgan fingerprint density at radius 3 is 1.80 bits per heavy atom. The largest absolute Gasteiger partial charge is 0.463 e. The second-order valence-electron chi connectivity index (χ2n) is 15.3. The molecule has 3 rings (SSSR count). The van der Waals surface area contributed by atoms with Gasteiger partial charge in [-0.2, -0.15) is 0 Å². The predicted octanol–water partition coefficient (Wildman–Crippen LogP) is 12.1. The van der Waals surface area contributed by atoms with E-state index in [0.717, 1.165) is 50.5 Å². The van der Waals surface area contributed by atoms with Crippen LogP contribution in [0, 0.1) is 5.92 Å². The van der Waals surface area contributed by atoms with Crippen LogP contribution in [0.1, 0.15) is 176 Å². The first kappa shape index (κ1) is 46.2. The van der Waals surface area contributed by atoms with Gasteiger partial charge in [-0.15, -0.1) is 0 Å². The van der Waals surface area contributed by atoms with Crippen molar-refractivity contribution in [3.63, 3.8) is 0 Å². The number of rotatable bonds is 29. The number of benzene rings is 2. The highest BCUT2D eigenvalue weighted by atomic mass is 16.6. The minimum Gasteiger partial charge on any atom is -0.463 e. The normalized spacial score (nSPS) is 15.7. The van der Waals surface area contributed by atoms with Gasteiger partial charge in [0.2, 0.25) is 0 Å². The number of ether oxygens (including phenoxy) is 4. The molecule has 0 heterocycles. The maximum atomic E-state index is 13.0. The molecule has 1 unspecified atom stereocenters. The van der Waals surface area contributed by atoms with Gasteiger partial charge in [-0.3, -0.25) is 4.79 Å². The Morgan fingerprint density at radius 2 is 1.21 bits per heavy atom. The molecule has 0 amide bonds. The third-order valence-corrected chi connectivity index (χ3v) is 10.7. The average molecular weight is 773 g/mol. The quantitative estimate of drug-likeness (QED) is 0.0265. The predicted molar refractivity (Wildman–Crippen MR) is 222 cm³/mol. The summed E-state index contributed by atoms with van der Waals surface area (Å²) in [6.07, 6.45) is 26.0. The molecule has 1 atom stereocenters. The zero-order chi connectivity index (χ0) is 40.2. The Labute approximate surface area is 336 Å². The Hall–Kier alpha value is -4.20. The summed E-state index contributed by atoms with van der Waals surface area (Å²) in [5.41, 5.74) is 2.54. The van der Waals surface area contributed by atoms with Crippen molar-refractivity contribution in [2.45, 2.75) is 167 Å². The molecule has 8 heteroatoms. The number of aryl methyl sites for hydroxylation is 1. The van der Waals surface area contributed by atoms with Gasteiger partial charge in [0.25, 0.3) is 0 Å². The van der Waals surface area contributed by atoms with Gasteiger partial charge >= 0.3 is 23.9 Å². The van der Waals surface area contributed by atoms with Crippen LogP contribution in [0.25, 0.3) is 0 Å². The molecule has 1 aliphatic rings. The molecule has 56 heavy (non-hydrogen) atoms. The van der Waals surface area contributed by atoms with Gasteiger partial charge in [0.05, 0.1) is 18.1 Å². The fourth-order valence-corrected chi connectivity index (χ4v) is 7.24. The van der Waals surface area contributed by atoms with Gasteiger partial charge in [-0.25, -0.2) is 14.4 Å². The number of unbranched alkanes of at least 4 members (excludes halogenated alkanes) is 15. The summed E-state index contributed by atoms with van der Waals surface area (Å²) in [4.78, 5) is 49.0. The lowest BCUT2D eigenvalue weighted by Gasteiger charge is -2.27. The van der Waals surface area contributed by atoms with Crippen LogP contribution in [0.4, 0.5) is 0 Å². The summed E-state index contributed by atoms with van der Waals surface area (Å²) < 4.78 is 22.2. The van der Waals surface area contributed by atoms with Crippen LogP contribution in [0.3, 0.4) is 0 Å². The molecule has 0 bridgehead atoms. The van der Waals surface area contributed by atoms with Crippen molar-refractivity contribution >= 4 is 23.9 Å². The molecular weight excluding hydrogens is 705 g/mol. The fourth-order valence-electron chi connectivity index (χ4n) is 7.24. The summed E-state index contributed by atoms with van der Waals surface area (Å²) in [6.45, 7) is 9.64. The highest BCUT2D eigenvalue weighted by molar-refractivity contribution is 5.89. The van der Waals surface area contributed by atoms with E-state index in [4.69, 9.17) is 18.9 Å². The van der Waals surface area contributed by atoms with Crippen LogP contribution in [-0.2, 0) is 35.0 Å². The third kappa shape index (κ3) is 19.1. The van der Waals surface area contributed by atoms with Crippen LogP contribution < -0.4 is 4.74 Å². The van der Waals surface area contributed by atoms with Crippen molar-refractivity contribution in [1.29, 1.82) is 0 Å². The van der Waals surface area contributed by atoms with Gasteiger partial charge in [0.1, 0.15) is 18.0 Å². The molecule has 0 aliphatic heterocycles. The van der Waals surface area contributed by atoms with E-state index in [1.54, 1.807) is 12.1 Å². The standard InChI is InChI=1S/C48H68O8/c1-4-7-8-9-10-15-18-21-24-44(56-46(50)6-3)39-27-29-40(30-28-39)47(51)55-43-35-31-41(32-36-43)48(52)54-42-33-25-38(26-34-42)23-20-17-14-12-11-13-16-19-22-37-53-45(49)5-2/h5-6,25-30,33-34,41,43-44H,2-4,7-24,31-32,35-37H2,1H3. The van der Waals surface area contributed by atoms with Crippen LogP contribution >= 0.6 is 0 Å². The van der Waals surface area contributed by atoms with Gasteiger partial charge in [-0.05, 0) is 93.2 Å². The third-order valence-electron chi connectivity index (χ3n) is 10.7. The summed E-state index contributed by atoms with van der Waals surface area (Å²) >= 11 is 0. The maximum absolute atomic E-state index is 13.0. The van der Waals surface area contributed by atoms with E-state index in [-0.39, 0.29) is 36.0 Å². The monoisotopic (exact) mass is 772 g/mol. The van der Waals surface area contributed by atoms with Crippen molar-refractivity contribution in [3.8, 4) is 5.75 Å². The van der Waals surface area contributed by atoms with Gasteiger partial charge in [0, 0.05) is 12.2 Å². The molecule has 0 radical (unpaired) electrons. The number of carbonyl (C=O) groups excluding carboxylic acids is 4. The molecule has 0 saturated heterocycles. The van der Waals surface area contributed by atoms with E-state index in [1.165, 1.54) is 94.8 Å². The van der Waals surface area contributed by atoms with E-state index < -0.39 is 5.97 Å². The number of hydrogen-bond acceptors (Lipinski definition) is 8. The Bertz CT molecular complexity index is 1440. The molecule has 0 aromatic heterocycles. The first-order chi connectivity index (χ1) is 27.3. The first-order valence-electron chi connectivity index (χ1n) is 21.6. The Kier molecular flexibility index (Phi) is 23.3. The van der Waals surface area contributed by atoms with Crippen LogP contribution in [0.15, 0.2) is 73.8 Å². The van der Waals surface area contributed by atoms with Crippen LogP contribution in [0.2, 0.25) is 0 Å². The molecule has 0 N–H and O–H groups in total. The van der Waals surface area contributed by atoms with Crippen molar-refractivity contribution in [3.05, 3.63) is 90.5 Å². The zero-order valence-electron chi connectivity index (χ0n) is 34.2. The maximum Gasteiger partial charge on any atom is 0.338 e. The molecular formula is C48H68O8. The zero-order valence-corrected chi connectivity index (χ0v) is 34.2. The molecule has 0 spiro atoms. The van der Waals surface area contributed by atoms with Crippen LogP contribution in [-0.4, -0.2) is 36.6 Å². The Balaban J connectivity index is 1.29. The number of hydrogen-bond donors (Lipinski definition) is 0. The molecule has 1 aliphatic carbocycles. The minimum atomic E-state index is -0.452. The summed E-state index contributed by atoms with van der Waals surface area (Å²) in [5.74, 6) is -1.07. The van der Waals surface area contributed by atoms with Crippen molar-refractivity contribution in [2.75, 3.05) is 6.61 Å². The van der Waals surface area contributed by atoms with Crippen molar-refractivity contribution in [2.24, 2.45) is 5.92 Å². The van der Waals surface area contributed by atoms with Gasteiger partial charge in [-0.1, -0.05) is 134 Å². The smallest absolute Gasteiger partial charge is 0.338 e. The molecule has 308 valence electrons. The van der Waals surface area contributed by atoms with E-state index in [0.29, 0.717) is 43.6 Å². The minimum absolute atomic E-state index is 0.220. The topological polar surface area (TPSA) is 105 Å². The molecule has 1 saturated carbocycles. The highest BCUT2D eigenvalue weighted by Crippen LogP contribution is 2.30. The molecule has 8 nitrogen and oxygen atoms in total. The summed E-state index contributed by atoms with van der Waals surface area (Å²) in [7, 11) is 0. The SMILES string of the molecule is C=CC(=O)OCCCCCCCCCCCc1ccc(OC(=O)C2CCC(OC(=O)c3ccc(C(CCCCCCCCCC)OC(=O)C=C)cc3)CC2)cc1. The van der Waals surface area contributed by atoms with Crippen molar-refractivity contribution in [1.82, 2.24) is 0 Å². The summed E-state index contributed by atoms with van der Waals surface area (Å²) in [5, 5.41) is 0. The first-order valence-corrected chi connectivity index (χ1v) is 21.6. The lowest BCUT2D eigenvalue weighted by atomic mass is 9.87. The van der Waals surface area contributed by atoms with E-state index in [9.17, 15) is 19.2 Å². The van der Waals surface area contributed by atoms with Crippen LogP contribution in [0.5, 0.6) is 5.75 Å². The second kappa shape index (κ2) is 28.2. The van der Waals surface area contributed by atoms with Gasteiger partial charge < -0.3 is 18.9 Å². The van der Waals surface area contributed by atoms with E-state index >= 15 is 0 Å². The molecule has 1 fully saturated rings. The van der Waals surface area contributed by atoms with E-state index in [1.807, 2.05) is 36.4 Å². The average Bonchev–Trinajstić information content (AvgIpc) is 3.22. The van der Waals surface area contributed by atoms with Crippen molar-refractivity contribution < 1.29 is 38.1 Å². The summed E-state index contributed by atoms with van der Waals surface area (Å²) in [6, 6.07) is 15.0. The van der Waals surface area contributed by atoms with E-state index in [2.05, 4.69) is 20.1 Å². The highest BCUT2D eigenvalue weighted by Gasteiger charge is 2.30. The lowest BCUT2D eigenvalue weighted by molar-refractivity contribution is -0.144.